The molecule has 1 atom stereocenters. The van der Waals surface area contributed by atoms with Crippen molar-refractivity contribution >= 4 is 5.97 Å². The van der Waals surface area contributed by atoms with Crippen LogP contribution in [0.4, 0.5) is 0 Å². The zero-order chi connectivity index (χ0) is 13.5. The van der Waals surface area contributed by atoms with Crippen molar-refractivity contribution in [3.63, 3.8) is 0 Å². The molecule has 1 rings (SSSR count). The summed E-state index contributed by atoms with van der Waals surface area (Å²) in [7, 11) is 0. The van der Waals surface area contributed by atoms with Crippen molar-refractivity contribution in [3.05, 3.63) is 29.3 Å². The number of nitrogens with zero attached hydrogens (tertiary/aromatic N) is 1. The van der Waals surface area contributed by atoms with Gasteiger partial charge in [-0.25, -0.2) is 4.79 Å². The molecule has 5 nitrogen and oxygen atoms in total. The Labute approximate surface area is 105 Å². The van der Waals surface area contributed by atoms with E-state index in [9.17, 15) is 9.90 Å². The minimum Gasteiger partial charge on any atom is -0.494 e. The average molecular weight is 249 g/mol. The molecule has 0 fully saturated rings. The first-order valence-corrected chi connectivity index (χ1v) is 5.63. The number of aliphatic carboxylic acids is 1. The fraction of sp³-hybridized carbons (Fsp3) is 0.385. The van der Waals surface area contributed by atoms with Gasteiger partial charge in [-0.1, -0.05) is 6.07 Å². The summed E-state index contributed by atoms with van der Waals surface area (Å²) in [5.41, 5.74) is 1.04. The Balaban J connectivity index is 3.05. The number of hydrogen-bond donors (Lipinski definition) is 2. The third kappa shape index (κ3) is 3.75. The number of aliphatic hydroxyl groups excluding tert-OH is 1. The van der Waals surface area contributed by atoms with Crippen LogP contribution in [0.5, 0.6) is 5.75 Å². The smallest absolute Gasteiger partial charge is 0.337 e. The van der Waals surface area contributed by atoms with Gasteiger partial charge in [-0.3, -0.25) is 0 Å². The maximum Gasteiger partial charge on any atom is 0.337 e. The van der Waals surface area contributed by atoms with E-state index in [1.807, 2.05) is 13.0 Å². The van der Waals surface area contributed by atoms with Gasteiger partial charge < -0.3 is 14.9 Å². The number of aryl methyl sites for hydroxylation is 1. The second-order valence-corrected chi connectivity index (χ2v) is 3.74. The summed E-state index contributed by atoms with van der Waals surface area (Å²) >= 11 is 0. The second kappa shape index (κ2) is 6.62. The van der Waals surface area contributed by atoms with Gasteiger partial charge in [-0.05, 0) is 36.6 Å². The second-order valence-electron chi connectivity index (χ2n) is 3.74. The third-order valence-electron chi connectivity index (χ3n) is 2.37. The van der Waals surface area contributed by atoms with Crippen molar-refractivity contribution < 1.29 is 19.7 Å². The molecule has 1 aromatic rings. The third-order valence-corrected chi connectivity index (χ3v) is 2.37. The molecule has 0 saturated carbocycles. The Kier molecular flexibility index (Phi) is 5.15. The fourth-order valence-corrected chi connectivity index (χ4v) is 1.58. The largest absolute Gasteiger partial charge is 0.494 e. The number of nitriles is 1. The van der Waals surface area contributed by atoms with E-state index in [4.69, 9.17) is 15.1 Å². The maximum absolute atomic E-state index is 10.8. The van der Waals surface area contributed by atoms with Gasteiger partial charge in [0.15, 0.2) is 6.10 Å². The predicted octanol–water partition coefficient (Wildman–Crippen LogP) is 1.66. The molecular formula is C13H15NO4. The van der Waals surface area contributed by atoms with Crippen LogP contribution in [0.1, 0.15) is 30.6 Å². The van der Waals surface area contributed by atoms with Gasteiger partial charge in [-0.15, -0.1) is 0 Å². The van der Waals surface area contributed by atoms with Crippen molar-refractivity contribution in [1.29, 1.82) is 5.26 Å². The lowest BCUT2D eigenvalue weighted by molar-refractivity contribution is -0.146. The Bertz CT molecular complexity index is 465. The van der Waals surface area contributed by atoms with E-state index >= 15 is 0 Å². The predicted molar refractivity (Wildman–Crippen MR) is 64.1 cm³/mol. The normalized spacial score (nSPS) is 11.6. The van der Waals surface area contributed by atoms with Gasteiger partial charge in [0.2, 0.25) is 0 Å². The molecule has 0 spiro atoms. The van der Waals surface area contributed by atoms with Crippen LogP contribution in [-0.2, 0) is 11.2 Å². The Morgan fingerprint density at radius 3 is 2.78 bits per heavy atom. The van der Waals surface area contributed by atoms with Gasteiger partial charge in [0.25, 0.3) is 0 Å². The van der Waals surface area contributed by atoms with E-state index in [1.165, 1.54) is 6.07 Å². The van der Waals surface area contributed by atoms with Crippen LogP contribution in [0.3, 0.4) is 0 Å². The molecule has 0 aromatic heterocycles. The summed E-state index contributed by atoms with van der Waals surface area (Å²) in [6, 6.07) is 6.85. The van der Waals surface area contributed by atoms with Crippen LogP contribution >= 0.6 is 0 Å². The van der Waals surface area contributed by atoms with Crippen LogP contribution in [0, 0.1) is 11.3 Å². The van der Waals surface area contributed by atoms with Crippen LogP contribution < -0.4 is 4.74 Å². The quantitative estimate of drug-likeness (QED) is 0.800. The maximum atomic E-state index is 10.8. The molecule has 18 heavy (non-hydrogen) atoms. The van der Waals surface area contributed by atoms with Crippen LogP contribution in [0.15, 0.2) is 18.2 Å². The zero-order valence-corrected chi connectivity index (χ0v) is 10.1. The van der Waals surface area contributed by atoms with E-state index < -0.39 is 12.1 Å². The minimum absolute atomic E-state index is 0.265. The van der Waals surface area contributed by atoms with Crippen LogP contribution in [-0.4, -0.2) is 22.8 Å². The molecule has 1 unspecified atom stereocenters. The lowest BCUT2D eigenvalue weighted by Crippen LogP contribution is -2.11. The topological polar surface area (TPSA) is 90.5 Å². The van der Waals surface area contributed by atoms with Gasteiger partial charge in [0.05, 0.1) is 12.7 Å². The van der Waals surface area contributed by atoms with E-state index in [0.29, 0.717) is 25.2 Å². The summed E-state index contributed by atoms with van der Waals surface area (Å²) in [6.07, 6.45) is -0.749. The minimum atomic E-state index is -1.58. The molecule has 0 aliphatic carbocycles. The number of rotatable bonds is 6. The molecule has 0 aliphatic heterocycles. The number of benzene rings is 1. The van der Waals surface area contributed by atoms with Crippen molar-refractivity contribution in [3.8, 4) is 11.8 Å². The first-order valence-electron chi connectivity index (χ1n) is 5.63. The van der Waals surface area contributed by atoms with Crippen molar-refractivity contribution in [2.24, 2.45) is 0 Å². The molecule has 0 aliphatic rings. The first kappa shape index (κ1) is 14.0. The SMILES string of the molecule is CCOc1cc(CCC#N)cc(C(O)C(=O)O)c1. The Morgan fingerprint density at radius 1 is 1.50 bits per heavy atom. The van der Waals surface area contributed by atoms with E-state index in [0.717, 1.165) is 5.56 Å². The standard InChI is InChI=1S/C13H15NO4/c1-2-18-11-7-9(4-3-5-14)6-10(8-11)12(15)13(16)17/h6-8,12,15H,2-4H2,1H3,(H,16,17). The fourth-order valence-electron chi connectivity index (χ4n) is 1.58. The zero-order valence-electron chi connectivity index (χ0n) is 10.1. The molecule has 5 heteroatoms. The highest BCUT2D eigenvalue weighted by Gasteiger charge is 2.17. The number of carboxylic acids is 1. The number of aliphatic hydroxyl groups is 1. The molecule has 96 valence electrons. The van der Waals surface area contributed by atoms with Gasteiger partial charge >= 0.3 is 5.97 Å². The molecule has 0 heterocycles. The van der Waals surface area contributed by atoms with Gasteiger partial charge in [-0.2, -0.15) is 5.26 Å². The lowest BCUT2D eigenvalue weighted by Gasteiger charge is -2.11. The molecule has 0 amide bonds. The van der Waals surface area contributed by atoms with Crippen molar-refractivity contribution in [2.75, 3.05) is 6.61 Å². The highest BCUT2D eigenvalue weighted by Crippen LogP contribution is 2.23. The molecule has 0 saturated heterocycles. The number of ether oxygens (including phenoxy) is 1. The molecule has 2 N–H and O–H groups in total. The average Bonchev–Trinajstić information content (AvgIpc) is 2.35. The van der Waals surface area contributed by atoms with E-state index in [2.05, 4.69) is 0 Å². The Hall–Kier alpha value is -2.06. The van der Waals surface area contributed by atoms with Crippen molar-refractivity contribution in [1.82, 2.24) is 0 Å². The summed E-state index contributed by atoms with van der Waals surface area (Å²) in [6.45, 7) is 2.26. The van der Waals surface area contributed by atoms with E-state index in [-0.39, 0.29) is 5.56 Å². The highest BCUT2D eigenvalue weighted by molar-refractivity contribution is 5.74. The van der Waals surface area contributed by atoms with Crippen molar-refractivity contribution in [2.45, 2.75) is 25.9 Å². The Morgan fingerprint density at radius 2 is 2.22 bits per heavy atom. The lowest BCUT2D eigenvalue weighted by atomic mass is 10.0. The van der Waals surface area contributed by atoms with E-state index in [1.54, 1.807) is 12.1 Å². The summed E-state index contributed by atoms with van der Waals surface area (Å²) in [5.74, 6) is -0.807. The number of carbonyl (C=O) groups is 1. The molecule has 0 radical (unpaired) electrons. The van der Waals surface area contributed by atoms with Gasteiger partial charge in [0, 0.05) is 6.42 Å². The van der Waals surface area contributed by atoms with Crippen LogP contribution in [0.25, 0.3) is 0 Å². The number of hydrogen-bond acceptors (Lipinski definition) is 4. The van der Waals surface area contributed by atoms with Gasteiger partial charge in [0.1, 0.15) is 5.75 Å². The monoisotopic (exact) mass is 249 g/mol. The molecule has 1 aromatic carbocycles. The first-order chi connectivity index (χ1) is 8.58. The summed E-state index contributed by atoms with van der Waals surface area (Å²) in [5, 5.41) is 26.8. The number of carboxylic acid groups (broad SMARTS) is 1. The molecular weight excluding hydrogens is 234 g/mol. The van der Waals surface area contributed by atoms with Crippen LogP contribution in [0.2, 0.25) is 0 Å². The molecule has 0 bridgehead atoms. The highest BCUT2D eigenvalue weighted by atomic mass is 16.5. The summed E-state index contributed by atoms with van der Waals surface area (Å²) < 4.78 is 5.31. The summed E-state index contributed by atoms with van der Waals surface area (Å²) in [4.78, 5) is 10.8.